The van der Waals surface area contributed by atoms with E-state index in [-0.39, 0.29) is 18.1 Å². The number of halogens is 1. The minimum absolute atomic E-state index is 0.140. The van der Waals surface area contributed by atoms with E-state index < -0.39 is 0 Å². The summed E-state index contributed by atoms with van der Waals surface area (Å²) in [4.78, 5) is 16.9. The first kappa shape index (κ1) is 19.0. The van der Waals surface area contributed by atoms with Gasteiger partial charge in [-0.2, -0.15) is 5.10 Å². The number of anilines is 1. The van der Waals surface area contributed by atoms with Crippen molar-refractivity contribution in [3.05, 3.63) is 88.8 Å². The van der Waals surface area contributed by atoms with Crippen LogP contribution in [0.15, 0.2) is 66.2 Å². The van der Waals surface area contributed by atoms with E-state index in [1.807, 2.05) is 24.4 Å². The van der Waals surface area contributed by atoms with Gasteiger partial charge in [0.2, 0.25) is 5.91 Å². The molecule has 2 heterocycles. The summed E-state index contributed by atoms with van der Waals surface area (Å²) in [5, 5.41) is 9.71. The number of carbonyl (C=O) groups is 1. The van der Waals surface area contributed by atoms with Crippen LogP contribution in [0.2, 0.25) is 0 Å². The highest BCUT2D eigenvalue weighted by Gasteiger charge is 2.12. The molecule has 0 aliphatic carbocycles. The number of nitrogens with one attached hydrogen (secondary N) is 1. The summed E-state index contributed by atoms with van der Waals surface area (Å²) in [5.41, 5.74) is 3.66. The van der Waals surface area contributed by atoms with Gasteiger partial charge in [-0.05, 0) is 24.6 Å². The fraction of sp³-hybridized carbons (Fsp3) is 0.136. The summed E-state index contributed by atoms with van der Waals surface area (Å²) in [6.45, 7) is 2.62. The molecule has 0 aliphatic rings. The molecular formula is C22H19FN4OS. The van der Waals surface area contributed by atoms with Gasteiger partial charge in [0.1, 0.15) is 16.6 Å². The molecule has 1 N–H and O–H groups in total. The summed E-state index contributed by atoms with van der Waals surface area (Å²) in [5.74, 6) is 0.154. The number of carbonyl (C=O) groups excluding carboxylic acids is 1. The van der Waals surface area contributed by atoms with Crippen LogP contribution in [-0.4, -0.2) is 20.7 Å². The number of hydrogen-bond acceptors (Lipinski definition) is 4. The van der Waals surface area contributed by atoms with Crippen molar-refractivity contribution in [3.8, 4) is 10.6 Å². The van der Waals surface area contributed by atoms with E-state index in [0.717, 1.165) is 5.56 Å². The number of thiazole rings is 1. The molecule has 0 unspecified atom stereocenters. The second-order valence-corrected chi connectivity index (χ2v) is 7.60. The summed E-state index contributed by atoms with van der Waals surface area (Å²) in [7, 11) is 0. The molecule has 0 atom stereocenters. The second-order valence-electron chi connectivity index (χ2n) is 6.74. The van der Waals surface area contributed by atoms with E-state index in [0.29, 0.717) is 28.6 Å². The van der Waals surface area contributed by atoms with Gasteiger partial charge in [0.25, 0.3) is 0 Å². The van der Waals surface area contributed by atoms with Gasteiger partial charge in [0.05, 0.1) is 24.9 Å². The lowest BCUT2D eigenvalue weighted by atomic mass is 10.1. The van der Waals surface area contributed by atoms with Crippen molar-refractivity contribution in [3.63, 3.8) is 0 Å². The number of amides is 1. The molecule has 0 saturated carbocycles. The minimum Gasteiger partial charge on any atom is -0.311 e. The molecule has 2 aromatic heterocycles. The standard InChI is InChI=1S/C22H19FN4OS/c1-15-5-7-16(8-6-15)13-27-20(9-10-24-27)26-21(28)12-19-14-29-22(25-19)17-3-2-4-18(23)11-17/h2-11,14H,12-13H2,1H3,(H,26,28). The van der Waals surface area contributed by atoms with Gasteiger partial charge >= 0.3 is 0 Å². The van der Waals surface area contributed by atoms with Crippen molar-refractivity contribution < 1.29 is 9.18 Å². The van der Waals surface area contributed by atoms with Crippen molar-refractivity contribution >= 4 is 23.1 Å². The molecule has 29 heavy (non-hydrogen) atoms. The molecule has 0 bridgehead atoms. The van der Waals surface area contributed by atoms with Gasteiger partial charge < -0.3 is 5.32 Å². The Morgan fingerprint density at radius 3 is 2.79 bits per heavy atom. The molecule has 4 aromatic rings. The number of benzene rings is 2. The highest BCUT2D eigenvalue weighted by atomic mass is 32.1. The topological polar surface area (TPSA) is 59.8 Å². The quantitative estimate of drug-likeness (QED) is 0.506. The fourth-order valence-corrected chi connectivity index (χ4v) is 3.74. The summed E-state index contributed by atoms with van der Waals surface area (Å²) in [6, 6.07) is 16.2. The van der Waals surface area contributed by atoms with Crippen LogP contribution >= 0.6 is 11.3 Å². The molecule has 0 radical (unpaired) electrons. The first-order chi connectivity index (χ1) is 14.1. The number of aromatic nitrogens is 3. The SMILES string of the molecule is Cc1ccc(Cn2nccc2NC(=O)Cc2csc(-c3cccc(F)c3)n2)cc1. The van der Waals surface area contributed by atoms with Gasteiger partial charge in [-0.25, -0.2) is 14.1 Å². The second kappa shape index (κ2) is 8.36. The van der Waals surface area contributed by atoms with Crippen LogP contribution in [0.25, 0.3) is 10.6 Å². The Kier molecular flexibility index (Phi) is 5.48. The molecule has 0 aliphatic heterocycles. The molecule has 0 spiro atoms. The maximum atomic E-state index is 13.4. The Labute approximate surface area is 171 Å². The Morgan fingerprint density at radius 1 is 1.17 bits per heavy atom. The van der Waals surface area contributed by atoms with Crippen LogP contribution in [0.4, 0.5) is 10.2 Å². The van der Waals surface area contributed by atoms with Gasteiger partial charge in [-0.3, -0.25) is 4.79 Å². The number of nitrogens with zero attached hydrogens (tertiary/aromatic N) is 3. The molecule has 7 heteroatoms. The van der Waals surface area contributed by atoms with Crippen molar-refractivity contribution in [1.29, 1.82) is 0 Å². The van der Waals surface area contributed by atoms with Crippen LogP contribution in [0.5, 0.6) is 0 Å². The van der Waals surface area contributed by atoms with Gasteiger partial charge in [-0.15, -0.1) is 11.3 Å². The summed E-state index contributed by atoms with van der Waals surface area (Å²) in [6.07, 6.45) is 1.80. The van der Waals surface area contributed by atoms with Gasteiger partial charge in [0.15, 0.2) is 0 Å². The zero-order valence-electron chi connectivity index (χ0n) is 15.8. The fourth-order valence-electron chi connectivity index (χ4n) is 2.93. The summed E-state index contributed by atoms with van der Waals surface area (Å²) >= 11 is 1.39. The minimum atomic E-state index is -0.307. The third-order valence-corrected chi connectivity index (χ3v) is 5.34. The number of aryl methyl sites for hydroxylation is 1. The Balaban J connectivity index is 1.41. The third-order valence-electron chi connectivity index (χ3n) is 4.40. The van der Waals surface area contributed by atoms with Crippen molar-refractivity contribution in [1.82, 2.24) is 14.8 Å². The molecule has 5 nitrogen and oxygen atoms in total. The zero-order valence-corrected chi connectivity index (χ0v) is 16.6. The highest BCUT2D eigenvalue weighted by molar-refractivity contribution is 7.13. The molecule has 2 aromatic carbocycles. The van der Waals surface area contributed by atoms with E-state index in [2.05, 4.69) is 27.5 Å². The maximum absolute atomic E-state index is 13.4. The lowest BCUT2D eigenvalue weighted by Gasteiger charge is -2.09. The highest BCUT2D eigenvalue weighted by Crippen LogP contribution is 2.24. The van der Waals surface area contributed by atoms with E-state index in [4.69, 9.17) is 0 Å². The number of rotatable bonds is 6. The Morgan fingerprint density at radius 2 is 2.00 bits per heavy atom. The van der Waals surface area contributed by atoms with E-state index in [1.165, 1.54) is 29.0 Å². The number of hydrogen-bond donors (Lipinski definition) is 1. The van der Waals surface area contributed by atoms with Gasteiger partial charge in [-0.1, -0.05) is 42.0 Å². The third kappa shape index (κ3) is 4.75. The largest absolute Gasteiger partial charge is 0.311 e. The average Bonchev–Trinajstić information content (AvgIpc) is 3.33. The monoisotopic (exact) mass is 406 g/mol. The van der Waals surface area contributed by atoms with Crippen LogP contribution in [0, 0.1) is 12.7 Å². The maximum Gasteiger partial charge on any atom is 0.231 e. The zero-order chi connectivity index (χ0) is 20.2. The Hall–Kier alpha value is -3.32. The van der Waals surface area contributed by atoms with Crippen LogP contribution < -0.4 is 5.32 Å². The van der Waals surface area contributed by atoms with Crippen LogP contribution in [0.1, 0.15) is 16.8 Å². The first-order valence-electron chi connectivity index (χ1n) is 9.14. The average molecular weight is 406 g/mol. The van der Waals surface area contributed by atoms with Crippen LogP contribution in [0.3, 0.4) is 0 Å². The molecule has 146 valence electrons. The van der Waals surface area contributed by atoms with Crippen molar-refractivity contribution in [2.24, 2.45) is 0 Å². The molecule has 1 amide bonds. The lowest BCUT2D eigenvalue weighted by molar-refractivity contribution is -0.115. The van der Waals surface area contributed by atoms with E-state index in [1.54, 1.807) is 29.1 Å². The molecular weight excluding hydrogens is 387 g/mol. The van der Waals surface area contributed by atoms with Crippen LogP contribution in [-0.2, 0) is 17.8 Å². The van der Waals surface area contributed by atoms with Gasteiger partial charge in [0, 0.05) is 17.0 Å². The predicted octanol–water partition coefficient (Wildman–Crippen LogP) is 4.68. The lowest BCUT2D eigenvalue weighted by Crippen LogP contribution is -2.18. The molecule has 0 fully saturated rings. The predicted molar refractivity (Wildman–Crippen MR) is 112 cm³/mol. The normalized spacial score (nSPS) is 10.8. The molecule has 0 saturated heterocycles. The van der Waals surface area contributed by atoms with Crippen molar-refractivity contribution in [2.75, 3.05) is 5.32 Å². The Bertz CT molecular complexity index is 1130. The molecule has 4 rings (SSSR count). The smallest absolute Gasteiger partial charge is 0.231 e. The first-order valence-corrected chi connectivity index (χ1v) is 10.0. The van der Waals surface area contributed by atoms with E-state index in [9.17, 15) is 9.18 Å². The summed E-state index contributed by atoms with van der Waals surface area (Å²) < 4.78 is 15.2. The van der Waals surface area contributed by atoms with E-state index >= 15 is 0 Å². The van der Waals surface area contributed by atoms with Crippen molar-refractivity contribution in [2.45, 2.75) is 19.9 Å².